The molecule has 5 nitrogen and oxygen atoms in total. The zero-order valence-electron chi connectivity index (χ0n) is 7.85. The van der Waals surface area contributed by atoms with Crippen molar-refractivity contribution in [3.8, 4) is 0 Å². The third-order valence-electron chi connectivity index (χ3n) is 2.73. The van der Waals surface area contributed by atoms with Crippen molar-refractivity contribution >= 4 is 15.8 Å². The normalized spacial score (nSPS) is 32.1. The first kappa shape index (κ1) is 11.5. The van der Waals surface area contributed by atoms with E-state index in [-0.39, 0.29) is 30.4 Å². The van der Waals surface area contributed by atoms with Crippen molar-refractivity contribution < 1.29 is 18.3 Å². The predicted molar refractivity (Wildman–Crippen MR) is 51.6 cm³/mol. The van der Waals surface area contributed by atoms with E-state index in [0.717, 1.165) is 0 Å². The Hall–Kier alpha value is -0.620. The van der Waals surface area contributed by atoms with Crippen LogP contribution in [-0.4, -0.2) is 37.5 Å². The van der Waals surface area contributed by atoms with Crippen LogP contribution in [-0.2, 0) is 14.6 Å². The highest BCUT2D eigenvalue weighted by atomic mass is 32.2. The molecule has 1 heterocycles. The Balaban J connectivity index is 2.80. The predicted octanol–water partition coefficient (Wildman–Crippen LogP) is -0.529. The Kier molecular flexibility index (Phi) is 3.49. The quantitative estimate of drug-likeness (QED) is 0.653. The monoisotopic (exact) mass is 221 g/mol. The van der Waals surface area contributed by atoms with Crippen LogP contribution in [0, 0.1) is 11.8 Å². The minimum Gasteiger partial charge on any atom is -0.481 e. The topological polar surface area (TPSA) is 97.5 Å². The van der Waals surface area contributed by atoms with Crippen LogP contribution >= 0.6 is 0 Å². The van der Waals surface area contributed by atoms with E-state index in [1.807, 2.05) is 0 Å². The first-order chi connectivity index (χ1) is 6.46. The largest absolute Gasteiger partial charge is 0.481 e. The van der Waals surface area contributed by atoms with E-state index >= 15 is 0 Å². The molecule has 0 aromatic carbocycles. The van der Waals surface area contributed by atoms with Crippen molar-refractivity contribution in [1.29, 1.82) is 0 Å². The van der Waals surface area contributed by atoms with Crippen molar-refractivity contribution in [3.63, 3.8) is 0 Å². The number of nitrogens with two attached hydrogens (primary N) is 1. The van der Waals surface area contributed by atoms with Gasteiger partial charge in [0.25, 0.3) is 0 Å². The van der Waals surface area contributed by atoms with Gasteiger partial charge in [0.2, 0.25) is 0 Å². The number of hydrogen-bond donors (Lipinski definition) is 2. The molecule has 0 radical (unpaired) electrons. The number of carboxylic acids is 1. The smallest absolute Gasteiger partial charge is 0.306 e. The average Bonchev–Trinajstić information content (AvgIpc) is 2.23. The lowest BCUT2D eigenvalue weighted by molar-refractivity contribution is -0.143. The lowest BCUT2D eigenvalue weighted by Gasteiger charge is -2.18. The second kappa shape index (κ2) is 4.27. The van der Waals surface area contributed by atoms with Gasteiger partial charge in [-0.2, -0.15) is 0 Å². The maximum atomic E-state index is 11.3. The first-order valence-corrected chi connectivity index (χ1v) is 6.41. The van der Waals surface area contributed by atoms with Gasteiger partial charge in [-0.3, -0.25) is 4.79 Å². The molecule has 2 atom stereocenters. The standard InChI is InChI=1S/C8H15NO4S/c9-5-6-1-3-14(12,13)4-2-7(6)8(10)11/h6-7H,1-5,9H2,(H,10,11)/t6-,7-/m1/s1. The number of carbonyl (C=O) groups is 1. The van der Waals surface area contributed by atoms with Crippen molar-refractivity contribution in [2.24, 2.45) is 17.6 Å². The van der Waals surface area contributed by atoms with Crippen LogP contribution in [0.5, 0.6) is 0 Å². The molecular formula is C8H15NO4S. The van der Waals surface area contributed by atoms with Crippen LogP contribution in [0.4, 0.5) is 0 Å². The van der Waals surface area contributed by atoms with Crippen molar-refractivity contribution in [3.05, 3.63) is 0 Å². The van der Waals surface area contributed by atoms with E-state index in [1.54, 1.807) is 0 Å². The summed E-state index contributed by atoms with van der Waals surface area (Å²) < 4.78 is 22.5. The lowest BCUT2D eigenvalue weighted by Crippen LogP contribution is -2.29. The molecule has 0 bridgehead atoms. The lowest BCUT2D eigenvalue weighted by atomic mass is 9.88. The van der Waals surface area contributed by atoms with Gasteiger partial charge in [0.15, 0.2) is 0 Å². The summed E-state index contributed by atoms with van der Waals surface area (Å²) >= 11 is 0. The molecule has 0 saturated carbocycles. The summed E-state index contributed by atoms with van der Waals surface area (Å²) in [6.07, 6.45) is 0.565. The Morgan fingerprint density at radius 3 is 2.43 bits per heavy atom. The molecule has 0 aliphatic carbocycles. The van der Waals surface area contributed by atoms with Gasteiger partial charge in [0.1, 0.15) is 9.84 Å². The number of hydrogen-bond acceptors (Lipinski definition) is 4. The zero-order valence-corrected chi connectivity index (χ0v) is 8.66. The SMILES string of the molecule is NC[C@H]1CCS(=O)(=O)CC[C@H]1C(=O)O. The second-order valence-electron chi connectivity index (χ2n) is 3.67. The molecule has 0 aromatic heterocycles. The molecule has 0 unspecified atom stereocenters. The molecule has 82 valence electrons. The van der Waals surface area contributed by atoms with E-state index in [2.05, 4.69) is 0 Å². The molecule has 0 amide bonds. The summed E-state index contributed by atoms with van der Waals surface area (Å²) in [6.45, 7) is 0.243. The van der Waals surface area contributed by atoms with Crippen LogP contribution in [0.2, 0.25) is 0 Å². The van der Waals surface area contributed by atoms with Crippen LogP contribution in [0.15, 0.2) is 0 Å². The van der Waals surface area contributed by atoms with Gasteiger partial charge >= 0.3 is 5.97 Å². The van der Waals surface area contributed by atoms with Crippen molar-refractivity contribution in [1.82, 2.24) is 0 Å². The molecule has 0 spiro atoms. The average molecular weight is 221 g/mol. The number of aliphatic carboxylic acids is 1. The fourth-order valence-corrected chi connectivity index (χ4v) is 3.26. The summed E-state index contributed by atoms with van der Waals surface area (Å²) in [6, 6.07) is 0. The van der Waals surface area contributed by atoms with E-state index in [0.29, 0.717) is 6.42 Å². The van der Waals surface area contributed by atoms with Gasteiger partial charge in [-0.25, -0.2) is 8.42 Å². The van der Waals surface area contributed by atoms with Gasteiger partial charge in [-0.05, 0) is 25.3 Å². The third-order valence-corrected chi connectivity index (χ3v) is 4.44. The molecule has 1 aliphatic heterocycles. The van der Waals surface area contributed by atoms with Gasteiger partial charge in [0, 0.05) is 0 Å². The van der Waals surface area contributed by atoms with Crippen molar-refractivity contribution in [2.45, 2.75) is 12.8 Å². The highest BCUT2D eigenvalue weighted by Crippen LogP contribution is 2.24. The molecule has 1 saturated heterocycles. The fraction of sp³-hybridized carbons (Fsp3) is 0.875. The van der Waals surface area contributed by atoms with Crippen LogP contribution in [0.25, 0.3) is 0 Å². The van der Waals surface area contributed by atoms with Crippen LogP contribution < -0.4 is 5.73 Å². The summed E-state index contributed by atoms with van der Waals surface area (Å²) in [4.78, 5) is 10.8. The van der Waals surface area contributed by atoms with Gasteiger partial charge in [-0.1, -0.05) is 0 Å². The number of rotatable bonds is 2. The van der Waals surface area contributed by atoms with E-state index in [1.165, 1.54) is 0 Å². The molecule has 14 heavy (non-hydrogen) atoms. The van der Waals surface area contributed by atoms with E-state index < -0.39 is 21.7 Å². The minimum absolute atomic E-state index is 0.0273. The maximum Gasteiger partial charge on any atom is 0.306 e. The second-order valence-corrected chi connectivity index (χ2v) is 5.97. The van der Waals surface area contributed by atoms with Gasteiger partial charge in [-0.15, -0.1) is 0 Å². The highest BCUT2D eigenvalue weighted by molar-refractivity contribution is 7.91. The Labute approximate surface area is 83.2 Å². The maximum absolute atomic E-state index is 11.3. The molecular weight excluding hydrogens is 206 g/mol. The Morgan fingerprint density at radius 1 is 1.36 bits per heavy atom. The third kappa shape index (κ3) is 2.68. The van der Waals surface area contributed by atoms with Crippen molar-refractivity contribution in [2.75, 3.05) is 18.1 Å². The summed E-state index contributed by atoms with van der Waals surface area (Å²) in [7, 11) is -3.05. The molecule has 1 rings (SSSR count). The summed E-state index contributed by atoms with van der Waals surface area (Å²) in [5.41, 5.74) is 5.43. The summed E-state index contributed by atoms with van der Waals surface area (Å²) in [5.74, 6) is -1.70. The molecule has 3 N–H and O–H groups in total. The minimum atomic E-state index is -3.05. The highest BCUT2D eigenvalue weighted by Gasteiger charge is 2.32. The van der Waals surface area contributed by atoms with E-state index in [9.17, 15) is 13.2 Å². The molecule has 1 fully saturated rings. The molecule has 0 aromatic rings. The zero-order chi connectivity index (χ0) is 10.8. The number of sulfone groups is 1. The van der Waals surface area contributed by atoms with Crippen LogP contribution in [0.3, 0.4) is 0 Å². The first-order valence-electron chi connectivity index (χ1n) is 4.59. The van der Waals surface area contributed by atoms with Gasteiger partial charge in [0.05, 0.1) is 17.4 Å². The van der Waals surface area contributed by atoms with Crippen LogP contribution in [0.1, 0.15) is 12.8 Å². The fourth-order valence-electron chi connectivity index (χ4n) is 1.78. The Bertz CT molecular complexity index is 311. The molecule has 6 heteroatoms. The summed E-state index contributed by atoms with van der Waals surface area (Å²) in [5, 5.41) is 8.88. The number of carboxylic acid groups (broad SMARTS) is 1. The van der Waals surface area contributed by atoms with Gasteiger partial charge < -0.3 is 10.8 Å². The Morgan fingerprint density at radius 2 is 1.93 bits per heavy atom. The van der Waals surface area contributed by atoms with E-state index in [4.69, 9.17) is 10.8 Å². The molecule has 1 aliphatic rings.